The molecular weight excluding hydrogens is 1450 g/mol. The van der Waals surface area contributed by atoms with Gasteiger partial charge in [-0.3, -0.25) is 67.5 Å². The summed E-state index contributed by atoms with van der Waals surface area (Å²) in [5, 5.41) is 113. The highest BCUT2D eigenvalue weighted by Gasteiger charge is 2.48. The molecule has 2 aromatic heterocycles. The molecule has 30 nitrogen and oxygen atoms in total. The number of benzene rings is 6. The third-order valence-electron chi connectivity index (χ3n) is 15.6. The van der Waals surface area contributed by atoms with Gasteiger partial charge < -0.3 is 70.3 Å². The van der Waals surface area contributed by atoms with E-state index in [1.165, 1.54) is 18.2 Å². The van der Waals surface area contributed by atoms with Crippen LogP contribution in [0, 0.1) is 0 Å². The van der Waals surface area contributed by atoms with Crippen LogP contribution >= 0.6 is 46.4 Å². The Hall–Kier alpha value is -10.8. The molecule has 0 saturated heterocycles. The molecule has 8 amide bonds. The Morgan fingerprint density at radius 3 is 1.12 bits per heavy atom. The van der Waals surface area contributed by atoms with Crippen molar-refractivity contribution >= 4 is 116 Å². The Bertz CT molecular complexity index is 5070. The van der Waals surface area contributed by atoms with Gasteiger partial charge in [-0.15, -0.1) is 0 Å². The Morgan fingerprint density at radius 2 is 0.644 bits per heavy atom. The molecule has 0 spiro atoms. The van der Waals surface area contributed by atoms with E-state index in [0.717, 1.165) is 59.4 Å². The van der Waals surface area contributed by atoms with Crippen molar-refractivity contribution in [1.82, 2.24) is 29.1 Å². The second-order valence-electron chi connectivity index (χ2n) is 29.8. The first kappa shape index (κ1) is 80.5. The third-order valence-corrected chi connectivity index (χ3v) is 17.0. The predicted molar refractivity (Wildman–Crippen MR) is 378 cm³/mol. The van der Waals surface area contributed by atoms with Gasteiger partial charge >= 0.3 is 0 Å². The van der Waals surface area contributed by atoms with Crippen molar-refractivity contribution < 1.29 is 109 Å². The summed E-state index contributed by atoms with van der Waals surface area (Å²) >= 11 is 23.3. The van der Waals surface area contributed by atoms with Crippen molar-refractivity contribution in [1.29, 1.82) is 0 Å². The standard InChI is InChI=1S/2C12H12ClNO4.2C12H13NO4.2C11H12ClNO4/c1-12(2,3)14-10(17)7-5(13)4-6(15)9(16)8(7)11(14)18;1-12(2,3)14-10(17)5-4-6(15)9(16)8(13)7(5)11(14)18;1-12(2,3)13-10(16)6-4-8(14)9(15)5-7(6)11(13)17;1-12(2,3)13-10(16)6-4-5-7(14)9(15)8(6)11(13)17;1-11(2,3)13-10(16)5-4-6(14)8(15)7(12)9(5)17-13;1-11(2,3)13-10(16)7-6(17-13)4-5(14)9(15)8(7)12/h2*4,15-16H,1-3H3;2*4-5,14-15H,1-3H3;2*4,14-15H,1-3H3. The number of halogens is 4. The van der Waals surface area contributed by atoms with Gasteiger partial charge in [0.25, 0.3) is 58.4 Å². The van der Waals surface area contributed by atoms with E-state index in [4.69, 9.17) is 55.4 Å². The summed E-state index contributed by atoms with van der Waals surface area (Å²) in [5.41, 5.74) is -4.58. The van der Waals surface area contributed by atoms with Gasteiger partial charge in [0.15, 0.2) is 80.2 Å². The fraction of sp³-hybridized carbons (Fsp3) is 0.343. The van der Waals surface area contributed by atoms with Gasteiger partial charge in [0.1, 0.15) is 15.4 Å². The Labute approximate surface area is 611 Å². The van der Waals surface area contributed by atoms with Gasteiger partial charge in [0.2, 0.25) is 0 Å². The van der Waals surface area contributed by atoms with Crippen LogP contribution in [-0.4, -0.2) is 160 Å². The minimum Gasteiger partial charge on any atom is -0.504 e. The molecule has 6 aromatic carbocycles. The molecule has 0 saturated carbocycles. The SMILES string of the molecule is CC(C)(C)N1C(=O)c2c(Cl)cc(O)c(O)c2C1=O.CC(C)(C)N1C(=O)c2cc(O)c(O)c(Cl)c2C1=O.CC(C)(C)N1C(=O)c2cc(O)c(O)cc2C1=O.CC(C)(C)N1C(=O)c2ccc(O)c(O)c2C1=O.CC(C)(C)n1oc2c(Cl)c(O)c(O)cc2c1=O.CC(C)(C)n1oc2cc(O)c(O)c(Cl)c2c1=O. The number of hydrogen-bond donors (Lipinski definition) is 12. The maximum Gasteiger partial charge on any atom is 0.292 e. The summed E-state index contributed by atoms with van der Waals surface area (Å²) in [6.07, 6.45) is 0. The fourth-order valence-corrected chi connectivity index (χ4v) is 11.8. The molecule has 104 heavy (non-hydrogen) atoms. The minimum absolute atomic E-state index is 0.00947. The zero-order valence-electron chi connectivity index (χ0n) is 59.1. The molecule has 0 fully saturated rings. The van der Waals surface area contributed by atoms with Crippen molar-refractivity contribution in [2.75, 3.05) is 0 Å². The van der Waals surface area contributed by atoms with Crippen LogP contribution in [-0.2, 0) is 11.1 Å². The first-order valence-electron chi connectivity index (χ1n) is 31.0. The largest absolute Gasteiger partial charge is 0.504 e. The van der Waals surface area contributed by atoms with E-state index in [1.54, 1.807) is 125 Å². The number of fused-ring (bicyclic) bond motifs is 6. The number of carbonyl (C=O) groups excluding carboxylic acids is 8. The van der Waals surface area contributed by atoms with Crippen molar-refractivity contribution in [3.8, 4) is 69.0 Å². The molecule has 556 valence electrons. The van der Waals surface area contributed by atoms with Crippen LogP contribution in [0.4, 0.5) is 0 Å². The van der Waals surface area contributed by atoms with Crippen molar-refractivity contribution in [3.05, 3.63) is 134 Å². The lowest BCUT2D eigenvalue weighted by molar-refractivity contribution is 0.0488. The summed E-state index contributed by atoms with van der Waals surface area (Å²) in [6.45, 7) is 31.4. The quantitative estimate of drug-likeness (QED) is 0.0495. The van der Waals surface area contributed by atoms with E-state index in [0.29, 0.717) is 0 Å². The lowest BCUT2D eigenvalue weighted by atomic mass is 10.1. The van der Waals surface area contributed by atoms with Crippen LogP contribution in [0.25, 0.3) is 21.9 Å². The van der Waals surface area contributed by atoms with Crippen molar-refractivity contribution in [2.24, 2.45) is 0 Å². The summed E-state index contributed by atoms with van der Waals surface area (Å²) < 4.78 is 13.0. The average molecular weight is 1530 g/mol. The number of nitrogens with zero attached hydrogens (tertiary/aromatic N) is 6. The van der Waals surface area contributed by atoms with Crippen LogP contribution in [0.1, 0.15) is 207 Å². The second-order valence-corrected chi connectivity index (χ2v) is 31.3. The van der Waals surface area contributed by atoms with Crippen molar-refractivity contribution in [3.63, 3.8) is 0 Å². The molecule has 4 aliphatic rings. The number of amides is 8. The predicted octanol–water partition coefficient (Wildman–Crippen LogP) is 12.1. The Balaban J connectivity index is 0.000000175. The summed E-state index contributed by atoms with van der Waals surface area (Å²) in [4.78, 5) is 125. The molecule has 0 aliphatic carbocycles. The first-order valence-corrected chi connectivity index (χ1v) is 32.5. The number of aromatic nitrogens is 2. The summed E-state index contributed by atoms with van der Waals surface area (Å²) in [7, 11) is 0. The molecule has 0 radical (unpaired) electrons. The first-order chi connectivity index (χ1) is 47.3. The Kier molecular flexibility index (Phi) is 21.2. The minimum atomic E-state index is -0.738. The average Bonchev–Trinajstić information content (AvgIpc) is 1.57. The highest BCUT2D eigenvalue weighted by Crippen LogP contribution is 2.47. The number of rotatable bonds is 0. The normalized spacial score (nSPS) is 14.3. The van der Waals surface area contributed by atoms with E-state index in [-0.39, 0.29) is 86.5 Å². The number of phenolic OH excluding ortho intramolecular Hbond substituents is 12. The van der Waals surface area contributed by atoms with Gasteiger partial charge in [0, 0.05) is 40.4 Å². The molecule has 6 heterocycles. The summed E-state index contributed by atoms with van der Waals surface area (Å²) in [5.74, 6) is -10.1. The molecule has 0 unspecified atom stereocenters. The van der Waals surface area contributed by atoms with Gasteiger partial charge in [-0.25, -0.2) is 0 Å². The maximum atomic E-state index is 12.2. The Morgan fingerprint density at radius 1 is 0.298 bits per heavy atom. The number of carbonyl (C=O) groups is 8. The molecule has 12 rings (SSSR count). The number of phenols is 12. The topological polar surface area (TPSA) is 463 Å². The molecule has 34 heteroatoms. The third kappa shape index (κ3) is 14.5. The van der Waals surface area contributed by atoms with E-state index in [9.17, 15) is 109 Å². The smallest absolute Gasteiger partial charge is 0.292 e. The number of hydrogen-bond acceptors (Lipinski definition) is 24. The lowest BCUT2D eigenvalue weighted by Crippen LogP contribution is -2.45. The molecule has 0 atom stereocenters. The van der Waals surface area contributed by atoms with Gasteiger partial charge in [0.05, 0.1) is 71.0 Å². The van der Waals surface area contributed by atoms with Crippen molar-refractivity contribution in [2.45, 2.75) is 158 Å². The van der Waals surface area contributed by atoms with E-state index < -0.39 is 161 Å². The lowest BCUT2D eigenvalue weighted by Gasteiger charge is -2.29. The zero-order chi connectivity index (χ0) is 79.5. The molecule has 4 aliphatic heterocycles. The zero-order valence-corrected chi connectivity index (χ0v) is 62.1. The van der Waals surface area contributed by atoms with E-state index in [2.05, 4.69) is 0 Å². The second kappa shape index (κ2) is 27.4. The van der Waals surface area contributed by atoms with E-state index >= 15 is 0 Å². The van der Waals surface area contributed by atoms with E-state index in [1.807, 2.05) is 0 Å². The van der Waals surface area contributed by atoms with Crippen LogP contribution < -0.4 is 11.1 Å². The number of imide groups is 4. The molecule has 0 bridgehead atoms. The van der Waals surface area contributed by atoms with Crippen LogP contribution in [0.3, 0.4) is 0 Å². The van der Waals surface area contributed by atoms with Gasteiger partial charge in [-0.2, -0.15) is 9.48 Å². The highest BCUT2D eigenvalue weighted by molar-refractivity contribution is 6.40. The van der Waals surface area contributed by atoms with Crippen LogP contribution in [0.2, 0.25) is 20.1 Å². The number of aromatic hydroxyl groups is 12. The molecular formula is C70H74Cl4N6O24. The summed E-state index contributed by atoms with van der Waals surface area (Å²) in [6, 6.07) is 9.20. The monoisotopic (exact) mass is 1520 g/mol. The van der Waals surface area contributed by atoms with Crippen LogP contribution in [0.15, 0.2) is 67.2 Å². The molecule has 8 aromatic rings. The fourth-order valence-electron chi connectivity index (χ4n) is 10.8. The van der Waals surface area contributed by atoms with Crippen LogP contribution in [0.5, 0.6) is 69.0 Å². The maximum absolute atomic E-state index is 12.2. The molecule has 12 N–H and O–H groups in total. The van der Waals surface area contributed by atoms with Gasteiger partial charge in [-0.05, 0) is 155 Å². The van der Waals surface area contributed by atoms with Gasteiger partial charge in [-0.1, -0.05) is 46.4 Å². The highest BCUT2D eigenvalue weighted by atomic mass is 35.5.